The molecule has 1 aromatic heterocycles. The smallest absolute Gasteiger partial charge is 0.252 e. The molecule has 132 valence electrons. The Labute approximate surface area is 140 Å². The molecule has 1 aliphatic heterocycles. The summed E-state index contributed by atoms with van der Waals surface area (Å²) in [5, 5.41) is 2.64. The summed E-state index contributed by atoms with van der Waals surface area (Å²) in [5.74, 6) is -1.09. The summed E-state index contributed by atoms with van der Waals surface area (Å²) in [5.41, 5.74) is 0. The molecule has 0 saturated carbocycles. The number of rotatable bonds is 7. The zero-order valence-electron chi connectivity index (χ0n) is 13.7. The Kier molecular flexibility index (Phi) is 6.92. The van der Waals surface area contributed by atoms with Crippen LogP contribution in [-0.4, -0.2) is 61.2 Å². The lowest BCUT2D eigenvalue weighted by molar-refractivity contribution is -0.144. The fourth-order valence-corrected chi connectivity index (χ4v) is 2.49. The SMILES string of the molecule is COC1CCCCN(CC(=O)NCCOc2ncccc2F)C1=O. The van der Waals surface area contributed by atoms with Gasteiger partial charge in [-0.05, 0) is 31.4 Å². The predicted octanol–water partition coefficient (Wildman–Crippen LogP) is 0.743. The highest BCUT2D eigenvalue weighted by molar-refractivity contribution is 5.87. The Bertz CT molecular complexity index is 570. The molecule has 24 heavy (non-hydrogen) atoms. The van der Waals surface area contributed by atoms with Crippen molar-refractivity contribution in [3.8, 4) is 5.88 Å². The van der Waals surface area contributed by atoms with Crippen LogP contribution < -0.4 is 10.1 Å². The van der Waals surface area contributed by atoms with Crippen molar-refractivity contribution < 1.29 is 23.5 Å². The molecule has 1 aliphatic rings. The summed E-state index contributed by atoms with van der Waals surface area (Å²) in [7, 11) is 1.50. The van der Waals surface area contributed by atoms with E-state index in [0.717, 1.165) is 12.8 Å². The molecule has 0 bridgehead atoms. The van der Waals surface area contributed by atoms with Crippen molar-refractivity contribution in [3.05, 3.63) is 24.1 Å². The second kappa shape index (κ2) is 9.17. The van der Waals surface area contributed by atoms with Gasteiger partial charge in [0.05, 0.1) is 13.1 Å². The maximum absolute atomic E-state index is 13.3. The third kappa shape index (κ3) is 5.16. The van der Waals surface area contributed by atoms with Gasteiger partial charge in [0.15, 0.2) is 5.82 Å². The van der Waals surface area contributed by atoms with Crippen LogP contribution in [0.15, 0.2) is 18.3 Å². The van der Waals surface area contributed by atoms with Gasteiger partial charge in [0.25, 0.3) is 5.91 Å². The van der Waals surface area contributed by atoms with Crippen LogP contribution in [0.1, 0.15) is 19.3 Å². The number of halogens is 1. The summed E-state index contributed by atoms with van der Waals surface area (Å²) < 4.78 is 23.6. The topological polar surface area (TPSA) is 80.8 Å². The molecule has 2 rings (SSSR count). The quantitative estimate of drug-likeness (QED) is 0.741. The number of carbonyl (C=O) groups excluding carboxylic acids is 2. The molecule has 1 saturated heterocycles. The van der Waals surface area contributed by atoms with E-state index in [1.165, 1.54) is 30.3 Å². The maximum Gasteiger partial charge on any atom is 0.252 e. The normalized spacial score (nSPS) is 18.2. The van der Waals surface area contributed by atoms with Gasteiger partial charge in [0, 0.05) is 19.9 Å². The minimum absolute atomic E-state index is 0.0172. The summed E-state index contributed by atoms with van der Waals surface area (Å²) in [6.45, 7) is 0.817. The van der Waals surface area contributed by atoms with Gasteiger partial charge in [0.1, 0.15) is 12.7 Å². The fourth-order valence-electron chi connectivity index (χ4n) is 2.49. The van der Waals surface area contributed by atoms with Gasteiger partial charge in [0.2, 0.25) is 11.8 Å². The van der Waals surface area contributed by atoms with Crippen LogP contribution in [0.3, 0.4) is 0 Å². The number of likely N-dealkylation sites (tertiary alicyclic amines) is 1. The van der Waals surface area contributed by atoms with Crippen molar-refractivity contribution in [2.45, 2.75) is 25.4 Å². The van der Waals surface area contributed by atoms with Crippen LogP contribution in [0, 0.1) is 5.82 Å². The molecule has 0 spiro atoms. The van der Waals surface area contributed by atoms with E-state index in [-0.39, 0.29) is 37.4 Å². The lowest BCUT2D eigenvalue weighted by Crippen LogP contribution is -2.45. The molecule has 0 aliphatic carbocycles. The number of carbonyl (C=O) groups is 2. The lowest BCUT2D eigenvalue weighted by Gasteiger charge is -2.23. The van der Waals surface area contributed by atoms with E-state index in [2.05, 4.69) is 10.3 Å². The first-order valence-corrected chi connectivity index (χ1v) is 7.93. The minimum Gasteiger partial charge on any atom is -0.474 e. The molecule has 0 aromatic carbocycles. The first-order valence-electron chi connectivity index (χ1n) is 7.93. The van der Waals surface area contributed by atoms with Crippen molar-refractivity contribution in [2.24, 2.45) is 0 Å². The van der Waals surface area contributed by atoms with Crippen molar-refractivity contribution in [1.82, 2.24) is 15.2 Å². The van der Waals surface area contributed by atoms with E-state index >= 15 is 0 Å². The van der Waals surface area contributed by atoms with Gasteiger partial charge in [-0.2, -0.15) is 0 Å². The molecular formula is C16H22FN3O4. The number of hydrogen-bond acceptors (Lipinski definition) is 5. The van der Waals surface area contributed by atoms with Crippen molar-refractivity contribution >= 4 is 11.8 Å². The highest BCUT2D eigenvalue weighted by atomic mass is 19.1. The molecule has 2 amide bonds. The second-order valence-corrected chi connectivity index (χ2v) is 5.47. The van der Waals surface area contributed by atoms with Crippen molar-refractivity contribution in [1.29, 1.82) is 0 Å². The molecule has 1 N–H and O–H groups in total. The van der Waals surface area contributed by atoms with Crippen molar-refractivity contribution in [3.63, 3.8) is 0 Å². The number of nitrogens with zero attached hydrogens (tertiary/aromatic N) is 2. The van der Waals surface area contributed by atoms with Gasteiger partial charge in [-0.1, -0.05) is 0 Å². The van der Waals surface area contributed by atoms with Gasteiger partial charge in [-0.15, -0.1) is 0 Å². The van der Waals surface area contributed by atoms with E-state index in [9.17, 15) is 14.0 Å². The monoisotopic (exact) mass is 339 g/mol. The van der Waals surface area contributed by atoms with E-state index < -0.39 is 11.9 Å². The average Bonchev–Trinajstić information content (AvgIpc) is 2.75. The average molecular weight is 339 g/mol. The van der Waals surface area contributed by atoms with Crippen LogP contribution in [0.2, 0.25) is 0 Å². The first-order chi connectivity index (χ1) is 11.6. The predicted molar refractivity (Wildman–Crippen MR) is 83.9 cm³/mol. The zero-order chi connectivity index (χ0) is 17.4. The third-order valence-corrected chi connectivity index (χ3v) is 3.74. The molecule has 2 heterocycles. The second-order valence-electron chi connectivity index (χ2n) is 5.47. The molecular weight excluding hydrogens is 317 g/mol. The number of amides is 2. The fraction of sp³-hybridized carbons (Fsp3) is 0.562. The van der Waals surface area contributed by atoms with Gasteiger partial charge >= 0.3 is 0 Å². The Morgan fingerprint density at radius 3 is 3.08 bits per heavy atom. The Hall–Kier alpha value is -2.22. The summed E-state index contributed by atoms with van der Waals surface area (Å²) >= 11 is 0. The number of aromatic nitrogens is 1. The van der Waals surface area contributed by atoms with E-state index in [0.29, 0.717) is 13.0 Å². The van der Waals surface area contributed by atoms with Crippen LogP contribution in [0.4, 0.5) is 4.39 Å². The summed E-state index contributed by atoms with van der Waals surface area (Å²) in [6, 6.07) is 2.72. The number of nitrogens with one attached hydrogen (secondary N) is 1. The first kappa shape index (κ1) is 18.1. The zero-order valence-corrected chi connectivity index (χ0v) is 13.7. The van der Waals surface area contributed by atoms with Gasteiger partial charge in [-0.25, -0.2) is 9.37 Å². The van der Waals surface area contributed by atoms with E-state index in [4.69, 9.17) is 9.47 Å². The molecule has 1 aromatic rings. The van der Waals surface area contributed by atoms with Crippen LogP contribution in [0.25, 0.3) is 0 Å². The largest absolute Gasteiger partial charge is 0.474 e. The number of pyridine rings is 1. The Balaban J connectivity index is 1.72. The van der Waals surface area contributed by atoms with E-state index in [1.807, 2.05) is 0 Å². The van der Waals surface area contributed by atoms with E-state index in [1.54, 1.807) is 0 Å². The summed E-state index contributed by atoms with van der Waals surface area (Å²) in [6.07, 6.45) is 3.37. The van der Waals surface area contributed by atoms with Crippen LogP contribution in [0.5, 0.6) is 5.88 Å². The maximum atomic E-state index is 13.3. The number of hydrogen-bond donors (Lipinski definition) is 1. The van der Waals surface area contributed by atoms with Crippen LogP contribution in [-0.2, 0) is 14.3 Å². The minimum atomic E-state index is -0.551. The molecule has 8 heteroatoms. The molecule has 7 nitrogen and oxygen atoms in total. The lowest BCUT2D eigenvalue weighted by atomic mass is 10.2. The molecule has 1 fully saturated rings. The highest BCUT2D eigenvalue weighted by Gasteiger charge is 2.27. The Morgan fingerprint density at radius 2 is 2.33 bits per heavy atom. The molecule has 1 unspecified atom stereocenters. The Morgan fingerprint density at radius 1 is 1.50 bits per heavy atom. The standard InChI is InChI=1S/C16H22FN3O4/c1-23-13-6-2-3-9-20(16(13)22)11-14(21)18-8-10-24-15-12(17)5-4-7-19-15/h4-5,7,13H,2-3,6,8-11H2,1H3,(H,18,21). The highest BCUT2D eigenvalue weighted by Crippen LogP contribution is 2.14. The third-order valence-electron chi connectivity index (χ3n) is 3.74. The summed E-state index contributed by atoms with van der Waals surface area (Å²) in [4.78, 5) is 29.4. The number of ether oxygens (including phenoxy) is 2. The van der Waals surface area contributed by atoms with Gasteiger partial charge in [-0.3, -0.25) is 9.59 Å². The van der Waals surface area contributed by atoms with Gasteiger partial charge < -0.3 is 19.7 Å². The number of methoxy groups -OCH3 is 1. The molecule has 0 radical (unpaired) electrons. The van der Waals surface area contributed by atoms with Crippen LogP contribution >= 0.6 is 0 Å². The molecule has 1 atom stereocenters. The van der Waals surface area contributed by atoms with Crippen molar-refractivity contribution in [2.75, 3.05) is 33.4 Å².